The molecule has 0 spiro atoms. The summed E-state index contributed by atoms with van der Waals surface area (Å²) < 4.78 is 11.6. The van der Waals surface area contributed by atoms with Crippen molar-refractivity contribution in [2.75, 3.05) is 0 Å². The summed E-state index contributed by atoms with van der Waals surface area (Å²) in [5.41, 5.74) is 7.79. The van der Waals surface area contributed by atoms with E-state index in [1.807, 2.05) is 11.3 Å². The van der Waals surface area contributed by atoms with Crippen LogP contribution in [-0.4, -0.2) is 4.57 Å². The fourth-order valence-electron chi connectivity index (χ4n) is 6.44. The molecule has 39 heavy (non-hydrogen) atoms. The molecule has 0 aliphatic heterocycles. The molecule has 0 fully saturated rings. The topological polar surface area (TPSA) is 18.1 Å². The quantitative estimate of drug-likeness (QED) is 0.224. The lowest BCUT2D eigenvalue weighted by Crippen LogP contribution is -1.94. The molecule has 2 nitrogen and oxygen atoms in total. The highest BCUT2D eigenvalue weighted by molar-refractivity contribution is 7.25. The minimum atomic E-state index is 0.902. The van der Waals surface area contributed by atoms with Crippen molar-refractivity contribution in [1.29, 1.82) is 0 Å². The van der Waals surface area contributed by atoms with E-state index in [0.29, 0.717) is 0 Å². The number of aromatic nitrogens is 1. The molecule has 9 rings (SSSR count). The average Bonchev–Trinajstić information content (AvgIpc) is 3.66. The molecule has 0 aliphatic carbocycles. The molecule has 0 saturated heterocycles. The van der Waals surface area contributed by atoms with Gasteiger partial charge in [0.2, 0.25) is 0 Å². The van der Waals surface area contributed by atoms with Gasteiger partial charge >= 0.3 is 0 Å². The van der Waals surface area contributed by atoms with E-state index in [1.54, 1.807) is 0 Å². The molecule has 9 aromatic rings. The van der Waals surface area contributed by atoms with Crippen LogP contribution in [0.25, 0.3) is 80.7 Å². The number of nitrogens with zero attached hydrogens (tertiary/aromatic N) is 1. The fraction of sp³-hybridized carbons (Fsp3) is 0. The second kappa shape index (κ2) is 7.83. The van der Waals surface area contributed by atoms with Gasteiger partial charge in [0.15, 0.2) is 0 Å². The predicted molar refractivity (Wildman–Crippen MR) is 166 cm³/mol. The zero-order valence-corrected chi connectivity index (χ0v) is 21.7. The number of para-hydroxylation sites is 2. The maximum absolute atomic E-state index is 6.55. The van der Waals surface area contributed by atoms with Crippen molar-refractivity contribution in [3.05, 3.63) is 127 Å². The van der Waals surface area contributed by atoms with Gasteiger partial charge in [0.1, 0.15) is 11.2 Å². The first kappa shape index (κ1) is 21.1. The van der Waals surface area contributed by atoms with E-state index in [0.717, 1.165) is 27.6 Å². The van der Waals surface area contributed by atoms with Gasteiger partial charge in [-0.1, -0.05) is 84.9 Å². The molecule has 182 valence electrons. The summed E-state index contributed by atoms with van der Waals surface area (Å²) in [5.74, 6) is 0. The van der Waals surface area contributed by atoms with Crippen LogP contribution in [0.4, 0.5) is 0 Å². The molecule has 0 saturated carbocycles. The van der Waals surface area contributed by atoms with Gasteiger partial charge in [-0.25, -0.2) is 0 Å². The van der Waals surface area contributed by atoms with Crippen LogP contribution >= 0.6 is 11.3 Å². The highest BCUT2D eigenvalue weighted by Crippen LogP contribution is 2.45. The molecule has 0 aliphatic rings. The second-order valence-corrected chi connectivity index (χ2v) is 11.2. The lowest BCUT2D eigenvalue weighted by molar-refractivity contribution is 0.669. The summed E-state index contributed by atoms with van der Waals surface area (Å²) in [6, 6.07) is 45.7. The number of rotatable bonds is 2. The first-order chi connectivity index (χ1) is 19.4. The summed E-state index contributed by atoms with van der Waals surface area (Å²) in [6.07, 6.45) is 0. The number of hydrogen-bond donors (Lipinski definition) is 0. The van der Waals surface area contributed by atoms with Crippen LogP contribution in [0.5, 0.6) is 0 Å². The summed E-state index contributed by atoms with van der Waals surface area (Å²) in [5, 5.41) is 7.44. The van der Waals surface area contributed by atoms with Crippen molar-refractivity contribution in [1.82, 2.24) is 4.57 Å². The molecule has 0 N–H and O–H groups in total. The van der Waals surface area contributed by atoms with Gasteiger partial charge in [-0.3, -0.25) is 0 Å². The van der Waals surface area contributed by atoms with E-state index < -0.39 is 0 Å². The van der Waals surface area contributed by atoms with E-state index >= 15 is 0 Å². The van der Waals surface area contributed by atoms with Gasteiger partial charge < -0.3 is 8.98 Å². The molecule has 0 unspecified atom stereocenters. The molecular weight excluding hydrogens is 494 g/mol. The molecule has 3 heteroatoms. The van der Waals surface area contributed by atoms with Crippen LogP contribution < -0.4 is 0 Å². The Labute approximate surface area is 227 Å². The van der Waals surface area contributed by atoms with Gasteiger partial charge in [-0.15, -0.1) is 11.3 Å². The lowest BCUT2D eigenvalue weighted by atomic mass is 9.95. The van der Waals surface area contributed by atoms with Crippen LogP contribution in [0.2, 0.25) is 0 Å². The summed E-state index contributed by atoms with van der Waals surface area (Å²) in [4.78, 5) is 0. The third kappa shape index (κ3) is 2.85. The maximum atomic E-state index is 6.55. The third-order valence-corrected chi connectivity index (χ3v) is 9.15. The summed E-state index contributed by atoms with van der Waals surface area (Å²) in [7, 11) is 0. The van der Waals surface area contributed by atoms with Gasteiger partial charge in [0.25, 0.3) is 0 Å². The number of benzene rings is 6. The molecule has 0 radical (unpaired) electrons. The number of thiophene rings is 1. The maximum Gasteiger partial charge on any atom is 0.137 e. The van der Waals surface area contributed by atoms with Crippen molar-refractivity contribution >= 4 is 75.3 Å². The molecule has 0 amide bonds. The Morgan fingerprint density at radius 1 is 0.436 bits per heavy atom. The Balaban J connectivity index is 1.46. The van der Waals surface area contributed by atoms with Crippen LogP contribution in [0.1, 0.15) is 0 Å². The van der Waals surface area contributed by atoms with Gasteiger partial charge in [-0.2, -0.15) is 0 Å². The highest BCUT2D eigenvalue weighted by atomic mass is 32.1. The van der Waals surface area contributed by atoms with E-state index in [-0.39, 0.29) is 0 Å². The Morgan fingerprint density at radius 2 is 1.00 bits per heavy atom. The first-order valence-corrected chi connectivity index (χ1v) is 14.0. The molecule has 3 heterocycles. The molecular formula is C36H21NOS. The fourth-order valence-corrected chi connectivity index (χ4v) is 7.57. The molecule has 0 bridgehead atoms. The number of furan rings is 1. The van der Waals surface area contributed by atoms with Crippen molar-refractivity contribution in [3.63, 3.8) is 0 Å². The van der Waals surface area contributed by atoms with Crippen molar-refractivity contribution < 1.29 is 4.42 Å². The van der Waals surface area contributed by atoms with E-state index in [2.05, 4.69) is 132 Å². The summed E-state index contributed by atoms with van der Waals surface area (Å²) >= 11 is 1.86. The normalized spacial score (nSPS) is 12.1. The smallest absolute Gasteiger partial charge is 0.137 e. The highest BCUT2D eigenvalue weighted by Gasteiger charge is 2.21. The monoisotopic (exact) mass is 515 g/mol. The molecule has 6 aromatic carbocycles. The van der Waals surface area contributed by atoms with E-state index in [9.17, 15) is 0 Å². The largest absolute Gasteiger partial charge is 0.456 e. The minimum Gasteiger partial charge on any atom is -0.456 e. The van der Waals surface area contributed by atoms with Crippen LogP contribution in [0.15, 0.2) is 132 Å². The number of hydrogen-bond acceptors (Lipinski definition) is 2. The van der Waals surface area contributed by atoms with Crippen LogP contribution in [0.3, 0.4) is 0 Å². The average molecular weight is 516 g/mol. The van der Waals surface area contributed by atoms with Crippen LogP contribution in [-0.2, 0) is 0 Å². The van der Waals surface area contributed by atoms with Gasteiger partial charge in [0.05, 0.1) is 22.1 Å². The first-order valence-electron chi connectivity index (χ1n) is 13.2. The third-order valence-electron chi connectivity index (χ3n) is 8.01. The van der Waals surface area contributed by atoms with E-state index in [1.165, 1.54) is 53.1 Å². The van der Waals surface area contributed by atoms with Gasteiger partial charge in [0, 0.05) is 36.3 Å². The van der Waals surface area contributed by atoms with Crippen molar-refractivity contribution in [2.24, 2.45) is 0 Å². The van der Waals surface area contributed by atoms with Crippen LogP contribution in [0, 0.1) is 0 Å². The Bertz CT molecular complexity index is 2350. The lowest BCUT2D eigenvalue weighted by Gasteiger charge is -2.11. The zero-order valence-electron chi connectivity index (χ0n) is 20.9. The Hall–Kier alpha value is -4.86. The van der Waals surface area contributed by atoms with E-state index in [4.69, 9.17) is 4.42 Å². The second-order valence-electron chi connectivity index (χ2n) is 10.1. The van der Waals surface area contributed by atoms with Gasteiger partial charge in [-0.05, 0) is 53.6 Å². The summed E-state index contributed by atoms with van der Waals surface area (Å²) in [6.45, 7) is 0. The SMILES string of the molecule is c1cc(-c2cccc3sc4ccccc4c23)c2c(c1)oc1cccc(-n3c4ccccc4c4ccccc43)c12. The Kier molecular flexibility index (Phi) is 4.24. The molecule has 3 aromatic heterocycles. The van der Waals surface area contributed by atoms with Crippen molar-refractivity contribution in [2.45, 2.75) is 0 Å². The predicted octanol–water partition coefficient (Wildman–Crippen LogP) is 10.7. The Morgan fingerprint density at radius 3 is 1.77 bits per heavy atom. The number of fused-ring (bicyclic) bond motifs is 9. The molecule has 0 atom stereocenters. The standard InChI is InChI=1S/C36H21NOS/c1-4-15-27-22(10-1)23-11-2-5-16-28(23)37(27)29-17-9-19-31-36(29)35-25(13-7-18-30(35)38-31)24-14-8-21-33-34(24)26-12-3-6-20-32(26)39-33/h1-21H. The minimum absolute atomic E-state index is 0.902. The zero-order chi connectivity index (χ0) is 25.5. The van der Waals surface area contributed by atoms with Crippen molar-refractivity contribution in [3.8, 4) is 16.8 Å².